The van der Waals surface area contributed by atoms with Crippen LogP contribution in [0.1, 0.15) is 84.6 Å². The van der Waals surface area contributed by atoms with Gasteiger partial charge >= 0.3 is 0 Å². The molecule has 0 saturated heterocycles. The summed E-state index contributed by atoms with van der Waals surface area (Å²) in [7, 11) is 0. The van der Waals surface area contributed by atoms with Gasteiger partial charge in [0.25, 0.3) is 6.71 Å². The summed E-state index contributed by atoms with van der Waals surface area (Å²) in [5.41, 5.74) is 29.3. The molecule has 13 aromatic carbocycles. The molecule has 0 spiro atoms. The molecule has 99 heavy (non-hydrogen) atoms. The van der Waals surface area contributed by atoms with Crippen LogP contribution in [0, 0.1) is 17.9 Å². The van der Waals surface area contributed by atoms with Crippen molar-refractivity contribution < 1.29 is 0 Å². The van der Waals surface area contributed by atoms with Gasteiger partial charge in [-0.2, -0.15) is 5.26 Å². The van der Waals surface area contributed by atoms with Crippen LogP contribution in [0.3, 0.4) is 0 Å². The molecule has 0 atom stereocenters. The first-order chi connectivity index (χ1) is 47.9. The van der Waals surface area contributed by atoms with Crippen LogP contribution in [-0.2, 0) is 16.2 Å². The fourth-order valence-electron chi connectivity index (χ4n) is 15.8. The first-order valence-corrected chi connectivity index (χ1v) is 34.4. The molecule has 15 aromatic rings. The Morgan fingerprint density at radius 3 is 1.08 bits per heavy atom. The maximum atomic E-state index is 10.3. The number of rotatable bonds is 8. The van der Waals surface area contributed by atoms with E-state index in [1.807, 2.05) is 24.3 Å². The second-order valence-corrected chi connectivity index (χ2v) is 29.9. The van der Waals surface area contributed by atoms with Gasteiger partial charge in [0, 0.05) is 77.9 Å². The maximum Gasteiger partial charge on any atom is 0.252 e. The Hall–Kier alpha value is -11.9. The van der Waals surface area contributed by atoms with Crippen molar-refractivity contribution in [3.63, 3.8) is 0 Å². The topological polar surface area (TPSA) is 44.5 Å². The molecule has 0 bridgehead atoms. The molecule has 0 unspecified atom stereocenters. The average Bonchev–Trinajstić information content (AvgIpc) is 1.15. The summed E-state index contributed by atoms with van der Waals surface area (Å²) in [4.78, 5) is 9.19. The van der Waals surface area contributed by atoms with Crippen LogP contribution in [0.15, 0.2) is 279 Å². The van der Waals surface area contributed by atoms with Crippen LogP contribution in [0.5, 0.6) is 0 Å². The van der Waals surface area contributed by atoms with Gasteiger partial charge < -0.3 is 18.9 Å². The van der Waals surface area contributed by atoms with E-state index in [9.17, 15) is 5.26 Å². The Morgan fingerprint density at radius 2 is 0.707 bits per heavy atom. The van der Waals surface area contributed by atoms with E-state index in [0.29, 0.717) is 11.3 Å². The molecule has 7 heteroatoms. The third kappa shape index (κ3) is 9.89. The van der Waals surface area contributed by atoms with Crippen molar-refractivity contribution in [3.8, 4) is 62.0 Å². The molecular weight excluding hydrogens is 1200 g/mol. The molecule has 474 valence electrons. The molecule has 6 nitrogen and oxygen atoms in total. The predicted octanol–water partition coefficient (Wildman–Crippen LogP) is 22.9. The van der Waals surface area contributed by atoms with Gasteiger partial charge in [0.2, 0.25) is 0 Å². The lowest BCUT2D eigenvalue weighted by atomic mass is 9.33. The third-order valence-corrected chi connectivity index (χ3v) is 20.8. The Kier molecular flexibility index (Phi) is 14.0. The normalized spacial score (nSPS) is 12.8. The Morgan fingerprint density at radius 1 is 0.343 bits per heavy atom. The van der Waals surface area contributed by atoms with Gasteiger partial charge in [-0.05, 0) is 144 Å². The van der Waals surface area contributed by atoms with Crippen molar-refractivity contribution in [1.82, 2.24) is 9.13 Å². The van der Waals surface area contributed by atoms with Crippen LogP contribution in [-0.4, -0.2) is 15.8 Å². The van der Waals surface area contributed by atoms with Crippen LogP contribution in [0.4, 0.5) is 39.8 Å². The monoisotopic (exact) mass is 1270 g/mol. The Bertz CT molecular complexity index is 5450. The van der Waals surface area contributed by atoms with Crippen molar-refractivity contribution >= 4 is 107 Å². The standard InChI is InChI=1S/C92H73BN6/c1-90(2,3)63-25-19-23-61(51-63)71-33-21-31-69(59-41-39-58(57-94)40-42-59)88(71)98-83-55-67(96-79-35-15-11-27-73(79)74-28-12-16-36-80(74)96)47-49-77(83)93-78-50-48-68(97-81-37-17-13-29-75(81)76-30-14-18-38-82(76)97)56-84(78)99(86-54-65(92(7,8)9)53-85(98)87(86)93)89-70(60-43-45-66(95-10)46-44-60)32-22-34-72(89)62-24-20-26-64(52-62)91(4,5)6/h11-56H,1-9H3. The highest BCUT2D eigenvalue weighted by Crippen LogP contribution is 2.55. The van der Waals surface area contributed by atoms with Crippen molar-refractivity contribution in [2.24, 2.45) is 0 Å². The van der Waals surface area contributed by atoms with Crippen molar-refractivity contribution in [2.45, 2.75) is 78.6 Å². The SMILES string of the molecule is [C-]#[N+]c1ccc(-c2cccc(-c3cccc(C(C)(C)C)c3)c2N2c3cc(-n4c5ccccc5c5ccccc54)ccc3B3c4ccc(-n5c6ccccc6c6ccccc65)cc4N(c4c(-c5ccc(C#N)cc5)cccc4-c4cccc(C(C)(C)C)c4)c4cc(C(C)(C)C)cc2c43)cc1. The Labute approximate surface area is 580 Å². The molecule has 0 N–H and O–H groups in total. The number of aromatic nitrogens is 2. The van der Waals surface area contributed by atoms with Gasteiger partial charge in [-0.1, -0.05) is 269 Å². The minimum absolute atomic E-state index is 0.134. The summed E-state index contributed by atoms with van der Waals surface area (Å²) < 4.78 is 4.92. The van der Waals surface area contributed by atoms with Gasteiger partial charge in [0.05, 0.1) is 51.6 Å². The summed E-state index contributed by atoms with van der Waals surface area (Å²) in [6, 6.07) is 106. The molecule has 2 aliphatic rings. The quantitative estimate of drug-likeness (QED) is 0.112. The smallest absolute Gasteiger partial charge is 0.252 e. The zero-order chi connectivity index (χ0) is 67.8. The zero-order valence-electron chi connectivity index (χ0n) is 57.3. The van der Waals surface area contributed by atoms with Crippen LogP contribution in [0.25, 0.3) is 104 Å². The summed E-state index contributed by atoms with van der Waals surface area (Å²) in [6.07, 6.45) is 0. The van der Waals surface area contributed by atoms with E-state index in [2.05, 4.69) is 347 Å². The van der Waals surface area contributed by atoms with E-state index in [4.69, 9.17) is 6.57 Å². The van der Waals surface area contributed by atoms with Crippen molar-refractivity contribution in [2.75, 3.05) is 9.80 Å². The summed E-state index contributed by atoms with van der Waals surface area (Å²) in [6.45, 7) is 28.7. The third-order valence-electron chi connectivity index (χ3n) is 20.8. The highest BCUT2D eigenvalue weighted by atomic mass is 15.2. The number of hydrogen-bond donors (Lipinski definition) is 0. The molecule has 0 fully saturated rings. The maximum absolute atomic E-state index is 10.3. The van der Waals surface area contributed by atoms with E-state index >= 15 is 0 Å². The minimum atomic E-state index is -0.371. The molecule has 0 amide bonds. The molecule has 2 aliphatic heterocycles. The zero-order valence-corrected chi connectivity index (χ0v) is 57.3. The molecule has 17 rings (SSSR count). The minimum Gasteiger partial charge on any atom is -0.310 e. The van der Waals surface area contributed by atoms with Gasteiger partial charge in [-0.15, -0.1) is 0 Å². The van der Waals surface area contributed by atoms with E-state index in [0.717, 1.165) is 112 Å². The number of para-hydroxylation sites is 6. The largest absolute Gasteiger partial charge is 0.310 e. The average molecular weight is 1270 g/mol. The van der Waals surface area contributed by atoms with E-state index in [1.165, 1.54) is 54.6 Å². The molecule has 0 saturated carbocycles. The van der Waals surface area contributed by atoms with Gasteiger partial charge in [0.1, 0.15) is 0 Å². The van der Waals surface area contributed by atoms with E-state index in [-0.39, 0.29) is 23.0 Å². The number of benzene rings is 13. The Balaban J connectivity index is 1.06. The fraction of sp³-hybridized carbons (Fsp3) is 0.130. The number of anilines is 6. The molecule has 4 heterocycles. The highest BCUT2D eigenvalue weighted by Gasteiger charge is 2.46. The summed E-state index contributed by atoms with van der Waals surface area (Å²) in [5, 5.41) is 15.1. The van der Waals surface area contributed by atoms with Crippen molar-refractivity contribution in [3.05, 3.63) is 313 Å². The molecule has 2 aromatic heterocycles. The molecule has 0 radical (unpaired) electrons. The first-order valence-electron chi connectivity index (χ1n) is 34.4. The van der Waals surface area contributed by atoms with Gasteiger partial charge in [-0.3, -0.25) is 0 Å². The summed E-state index contributed by atoms with van der Waals surface area (Å²) >= 11 is 0. The lowest BCUT2D eigenvalue weighted by molar-refractivity contribution is 0.590. The number of nitrogens with zero attached hydrogens (tertiary/aromatic N) is 6. The molecule has 0 aliphatic carbocycles. The number of hydrogen-bond acceptors (Lipinski definition) is 3. The van der Waals surface area contributed by atoms with E-state index in [1.54, 1.807) is 0 Å². The molecular formula is C92H73BN6. The second-order valence-electron chi connectivity index (χ2n) is 29.9. The van der Waals surface area contributed by atoms with E-state index < -0.39 is 0 Å². The predicted molar refractivity (Wildman–Crippen MR) is 418 cm³/mol. The lowest BCUT2D eigenvalue weighted by Crippen LogP contribution is -2.61. The van der Waals surface area contributed by atoms with Crippen LogP contribution in [0.2, 0.25) is 0 Å². The van der Waals surface area contributed by atoms with Gasteiger partial charge in [0.15, 0.2) is 5.69 Å². The summed E-state index contributed by atoms with van der Waals surface area (Å²) in [5.74, 6) is 0. The number of nitriles is 1. The second kappa shape index (κ2) is 22.9. The van der Waals surface area contributed by atoms with Crippen LogP contribution >= 0.6 is 0 Å². The highest BCUT2D eigenvalue weighted by molar-refractivity contribution is 7.00. The van der Waals surface area contributed by atoms with Gasteiger partial charge in [-0.25, -0.2) is 4.85 Å². The van der Waals surface area contributed by atoms with Crippen molar-refractivity contribution in [1.29, 1.82) is 5.26 Å². The lowest BCUT2D eigenvalue weighted by Gasteiger charge is -2.46. The fourth-order valence-corrected chi connectivity index (χ4v) is 15.8. The number of fused-ring (bicyclic) bond motifs is 10. The first kappa shape index (κ1) is 60.7. The van der Waals surface area contributed by atoms with Crippen LogP contribution < -0.4 is 26.2 Å².